The van der Waals surface area contributed by atoms with Gasteiger partial charge < -0.3 is 4.57 Å². The molecule has 3 heterocycles. The maximum atomic E-state index is 14.8. The Bertz CT molecular complexity index is 4170. The molecule has 0 bridgehead atoms. The Hall–Kier alpha value is -8.81. The van der Waals surface area contributed by atoms with Gasteiger partial charge in [0.15, 0.2) is 5.82 Å². The third-order valence-corrected chi connectivity index (χ3v) is 13.6. The topological polar surface area (TPSA) is 35.6 Å². The maximum Gasteiger partial charge on any atom is 0.417 e. The molecule has 10 aromatic carbocycles. The zero-order valence-corrected chi connectivity index (χ0v) is 37.2. The Morgan fingerprint density at radius 2 is 0.855 bits per heavy atom. The highest BCUT2D eigenvalue weighted by atomic mass is 19.4. The van der Waals surface area contributed by atoms with Gasteiger partial charge in [0.1, 0.15) is 5.82 Å². The van der Waals surface area contributed by atoms with Gasteiger partial charge >= 0.3 is 6.18 Å². The van der Waals surface area contributed by atoms with Crippen molar-refractivity contribution in [3.63, 3.8) is 0 Å². The molecule has 13 aromatic rings. The summed E-state index contributed by atoms with van der Waals surface area (Å²) in [6.45, 7) is 1.79. The minimum atomic E-state index is -4.62. The third kappa shape index (κ3) is 6.68. The first-order chi connectivity index (χ1) is 33.7. The van der Waals surface area contributed by atoms with Crippen LogP contribution in [0.25, 0.3) is 122 Å². The summed E-state index contributed by atoms with van der Waals surface area (Å²) in [5.74, 6) is 0.510. The summed E-state index contributed by atoms with van der Waals surface area (Å²) in [7, 11) is 0. The van der Waals surface area contributed by atoms with E-state index in [1.165, 1.54) is 6.07 Å². The van der Waals surface area contributed by atoms with E-state index >= 15 is 0 Å². The molecule has 0 atom stereocenters. The van der Waals surface area contributed by atoms with Crippen molar-refractivity contribution in [2.24, 2.45) is 0 Å². The van der Waals surface area contributed by atoms with Gasteiger partial charge in [-0.15, -0.1) is 0 Å². The summed E-state index contributed by atoms with van der Waals surface area (Å²) < 4.78 is 49.0. The van der Waals surface area contributed by atoms with E-state index in [1.54, 1.807) is 13.0 Å². The number of aryl methyl sites for hydroxylation is 1. The third-order valence-electron chi connectivity index (χ3n) is 13.6. The summed E-state index contributed by atoms with van der Waals surface area (Å²) in [6, 6.07) is 73.7. The van der Waals surface area contributed by atoms with E-state index in [0.29, 0.717) is 16.9 Å². The number of alkyl halides is 3. The van der Waals surface area contributed by atoms with Crippen LogP contribution in [-0.4, -0.2) is 19.1 Å². The number of rotatable bonds is 6. The molecule has 0 N–H and O–H groups in total. The molecule has 3 aromatic heterocycles. The first kappa shape index (κ1) is 40.5. The molecule has 0 spiro atoms. The highest BCUT2D eigenvalue weighted by Gasteiger charge is 2.35. The number of fused-ring (bicyclic) bond motifs is 9. The number of aromatic nitrogens is 4. The van der Waals surface area contributed by atoms with Crippen LogP contribution < -0.4 is 0 Å². The van der Waals surface area contributed by atoms with E-state index in [2.05, 4.69) is 143 Å². The fourth-order valence-corrected chi connectivity index (χ4v) is 10.3. The van der Waals surface area contributed by atoms with E-state index in [9.17, 15) is 13.2 Å². The second-order valence-corrected chi connectivity index (χ2v) is 17.8. The molecule has 328 valence electrons. The van der Waals surface area contributed by atoms with Crippen molar-refractivity contribution in [1.29, 1.82) is 0 Å². The summed E-state index contributed by atoms with van der Waals surface area (Å²) in [6.07, 6.45) is -4.62. The van der Waals surface area contributed by atoms with E-state index < -0.39 is 11.7 Å². The molecule has 0 radical (unpaired) electrons. The van der Waals surface area contributed by atoms with Crippen LogP contribution in [0.2, 0.25) is 0 Å². The van der Waals surface area contributed by atoms with Crippen molar-refractivity contribution >= 4 is 65.3 Å². The van der Waals surface area contributed by atoms with Crippen LogP contribution in [-0.2, 0) is 6.18 Å². The Labute approximate surface area is 394 Å². The molecular weight excluding hydrogens is 858 g/mol. The van der Waals surface area contributed by atoms with Crippen molar-refractivity contribution in [1.82, 2.24) is 19.1 Å². The molecule has 7 heteroatoms. The van der Waals surface area contributed by atoms with E-state index in [0.717, 1.165) is 105 Å². The summed E-state index contributed by atoms with van der Waals surface area (Å²) in [5, 5.41) is 6.75. The van der Waals surface area contributed by atoms with Crippen molar-refractivity contribution in [2.75, 3.05) is 0 Å². The summed E-state index contributed by atoms with van der Waals surface area (Å²) in [5.41, 5.74) is 12.0. The molecule has 0 amide bonds. The number of hydrogen-bond acceptors (Lipinski definition) is 2. The first-order valence-electron chi connectivity index (χ1n) is 23.0. The number of para-hydroxylation sites is 1. The maximum absolute atomic E-state index is 14.8. The summed E-state index contributed by atoms with van der Waals surface area (Å²) >= 11 is 0. The van der Waals surface area contributed by atoms with Gasteiger partial charge in [0, 0.05) is 43.6 Å². The standard InChI is InChI=1S/C62H39F3N4/c1-38-21-28-54(62(63,64)65)53(33-38)60-66-59-47-20-12-11-17-41(47)22-27-48(59)61(67-60)69-57-31-24-43(40-15-7-3-8-16-40)35-51(57)52-37-45(26-32-58(52)69)44-25-30-56-50(36-44)49-34-42(39-13-5-2-6-14-39)23-29-55(49)68(56)46-18-9-4-10-19-46/h2-37H,1H3. The lowest BCUT2D eigenvalue weighted by Crippen LogP contribution is -2.10. The SMILES string of the molecule is Cc1ccc(C(F)(F)F)c(-c2nc(-n3c4ccc(-c5ccccc5)cc4c4cc(-c5ccc6c(c5)c5cc(-c7ccccc7)ccc5n6-c5ccccc5)ccc43)c3ccc4ccccc4c3n2)c1. The molecule has 0 aliphatic rings. The molecule has 0 unspecified atom stereocenters. The van der Waals surface area contributed by atoms with Gasteiger partial charge in [0.05, 0.1) is 33.1 Å². The van der Waals surface area contributed by atoms with Gasteiger partial charge in [-0.1, -0.05) is 145 Å². The highest BCUT2D eigenvalue weighted by molar-refractivity contribution is 6.15. The van der Waals surface area contributed by atoms with Crippen LogP contribution in [0, 0.1) is 6.92 Å². The minimum absolute atomic E-state index is 0.00999. The van der Waals surface area contributed by atoms with Gasteiger partial charge in [-0.25, -0.2) is 9.97 Å². The zero-order chi connectivity index (χ0) is 46.4. The second kappa shape index (κ2) is 15.6. The van der Waals surface area contributed by atoms with Gasteiger partial charge in [-0.3, -0.25) is 4.57 Å². The van der Waals surface area contributed by atoms with E-state index in [4.69, 9.17) is 9.97 Å². The molecule has 0 saturated carbocycles. The number of benzene rings is 10. The number of hydrogen-bond donors (Lipinski definition) is 0. The fraction of sp³-hybridized carbons (Fsp3) is 0.0323. The molecule has 69 heavy (non-hydrogen) atoms. The number of halogens is 3. The van der Waals surface area contributed by atoms with Gasteiger partial charge in [0.25, 0.3) is 0 Å². The predicted octanol–water partition coefficient (Wildman–Crippen LogP) is 17.0. The Morgan fingerprint density at radius 3 is 1.39 bits per heavy atom. The average molecular weight is 897 g/mol. The van der Waals surface area contributed by atoms with Crippen LogP contribution in [0.4, 0.5) is 13.2 Å². The fourth-order valence-electron chi connectivity index (χ4n) is 10.3. The lowest BCUT2D eigenvalue weighted by molar-refractivity contribution is -0.137. The smallest absolute Gasteiger partial charge is 0.309 e. The molecule has 0 aliphatic carbocycles. The van der Waals surface area contributed by atoms with Crippen molar-refractivity contribution in [3.05, 3.63) is 230 Å². The summed E-state index contributed by atoms with van der Waals surface area (Å²) in [4.78, 5) is 10.2. The molecule has 0 fully saturated rings. The van der Waals surface area contributed by atoms with E-state index in [1.807, 2.05) is 66.7 Å². The van der Waals surface area contributed by atoms with Gasteiger partial charge in [-0.2, -0.15) is 13.2 Å². The van der Waals surface area contributed by atoms with Crippen LogP contribution in [0.15, 0.2) is 218 Å². The molecule has 4 nitrogen and oxygen atoms in total. The van der Waals surface area contributed by atoms with Crippen molar-refractivity contribution in [2.45, 2.75) is 13.1 Å². The largest absolute Gasteiger partial charge is 0.417 e. The van der Waals surface area contributed by atoms with Crippen LogP contribution >= 0.6 is 0 Å². The molecule has 0 saturated heterocycles. The zero-order valence-electron chi connectivity index (χ0n) is 37.2. The van der Waals surface area contributed by atoms with Crippen LogP contribution in [0.3, 0.4) is 0 Å². The van der Waals surface area contributed by atoms with Gasteiger partial charge in [-0.05, 0) is 125 Å². The normalized spacial score (nSPS) is 12.1. The second-order valence-electron chi connectivity index (χ2n) is 17.8. The number of nitrogens with zero attached hydrogens (tertiary/aromatic N) is 4. The van der Waals surface area contributed by atoms with Crippen molar-refractivity contribution in [3.8, 4) is 56.3 Å². The monoisotopic (exact) mass is 896 g/mol. The molecular formula is C62H39F3N4. The quantitative estimate of drug-likeness (QED) is 0.156. The lowest BCUT2D eigenvalue weighted by atomic mass is 9.98. The predicted molar refractivity (Wildman–Crippen MR) is 277 cm³/mol. The van der Waals surface area contributed by atoms with Crippen LogP contribution in [0.5, 0.6) is 0 Å². The lowest BCUT2D eigenvalue weighted by Gasteiger charge is -2.17. The Morgan fingerprint density at radius 1 is 0.377 bits per heavy atom. The highest BCUT2D eigenvalue weighted by Crippen LogP contribution is 2.43. The van der Waals surface area contributed by atoms with E-state index in [-0.39, 0.29) is 11.4 Å². The Balaban J connectivity index is 1.08. The van der Waals surface area contributed by atoms with Crippen molar-refractivity contribution < 1.29 is 13.2 Å². The molecule has 13 rings (SSSR count). The molecule has 0 aliphatic heterocycles. The van der Waals surface area contributed by atoms with Crippen LogP contribution in [0.1, 0.15) is 11.1 Å². The van der Waals surface area contributed by atoms with Gasteiger partial charge in [0.2, 0.25) is 0 Å². The Kier molecular flexibility index (Phi) is 9.17. The average Bonchev–Trinajstić information content (AvgIpc) is 3.90. The first-order valence-corrected chi connectivity index (χ1v) is 23.0. The minimum Gasteiger partial charge on any atom is -0.309 e.